The van der Waals surface area contributed by atoms with E-state index in [2.05, 4.69) is 15.2 Å². The van der Waals surface area contributed by atoms with E-state index >= 15 is 0 Å². The summed E-state index contributed by atoms with van der Waals surface area (Å²) in [5, 5.41) is 8.24. The first kappa shape index (κ1) is 18.5. The molecule has 0 saturated carbocycles. The summed E-state index contributed by atoms with van der Waals surface area (Å²) in [4.78, 5) is 18.9. The first-order valence-corrected chi connectivity index (χ1v) is 8.93. The number of aromatic nitrogens is 4. The van der Waals surface area contributed by atoms with Crippen molar-refractivity contribution in [1.29, 1.82) is 0 Å². The van der Waals surface area contributed by atoms with Crippen molar-refractivity contribution in [2.45, 2.75) is 38.8 Å². The molecular formula is C17H25N5O4. The van der Waals surface area contributed by atoms with Crippen LogP contribution in [0.1, 0.15) is 47.9 Å². The number of carbonyl (C=O) groups is 1. The van der Waals surface area contributed by atoms with E-state index in [1.807, 2.05) is 11.8 Å². The van der Waals surface area contributed by atoms with Crippen LogP contribution < -0.4 is 0 Å². The molecular weight excluding hydrogens is 338 g/mol. The van der Waals surface area contributed by atoms with Gasteiger partial charge in [-0.2, -0.15) is 10.1 Å². The zero-order valence-corrected chi connectivity index (χ0v) is 15.3. The molecule has 0 aromatic carbocycles. The Morgan fingerprint density at radius 3 is 2.88 bits per heavy atom. The number of aryl methyl sites for hydroxylation is 1. The number of hydrogen-bond donors (Lipinski definition) is 0. The fourth-order valence-corrected chi connectivity index (χ4v) is 3.06. The van der Waals surface area contributed by atoms with Crippen LogP contribution in [0.3, 0.4) is 0 Å². The molecule has 2 aromatic heterocycles. The Bertz CT molecular complexity index is 706. The van der Waals surface area contributed by atoms with Gasteiger partial charge in [0, 0.05) is 38.9 Å². The molecule has 3 rings (SSSR count). The summed E-state index contributed by atoms with van der Waals surface area (Å²) >= 11 is 0. The van der Waals surface area contributed by atoms with Crippen molar-refractivity contribution < 1.29 is 18.8 Å². The van der Waals surface area contributed by atoms with Crippen molar-refractivity contribution in [3.8, 4) is 0 Å². The highest BCUT2D eigenvalue weighted by atomic mass is 16.5. The zero-order valence-electron chi connectivity index (χ0n) is 15.3. The standard InChI is InChI=1S/C17H25N5O4/c1-3-22-14(4-7-18-22)17(23)21-8-5-13(6-9-21)16-19-15(26-20-16)12-25-11-10-24-2/h4,7,13H,3,5-6,8-12H2,1-2H3. The van der Waals surface area contributed by atoms with Gasteiger partial charge >= 0.3 is 0 Å². The SMILES string of the molecule is CCn1nccc1C(=O)N1CCC(c2noc(COCCOC)n2)CC1. The highest BCUT2D eigenvalue weighted by molar-refractivity contribution is 5.92. The summed E-state index contributed by atoms with van der Waals surface area (Å²) in [5.41, 5.74) is 0.640. The molecule has 9 nitrogen and oxygen atoms in total. The Morgan fingerprint density at radius 1 is 1.35 bits per heavy atom. The molecule has 3 heterocycles. The van der Waals surface area contributed by atoms with Crippen molar-refractivity contribution in [3.05, 3.63) is 29.7 Å². The van der Waals surface area contributed by atoms with Crippen molar-refractivity contribution in [2.75, 3.05) is 33.4 Å². The third kappa shape index (κ3) is 4.28. The quantitative estimate of drug-likeness (QED) is 0.655. The van der Waals surface area contributed by atoms with Gasteiger partial charge in [-0.05, 0) is 25.8 Å². The molecule has 0 radical (unpaired) electrons. The predicted octanol–water partition coefficient (Wildman–Crippen LogP) is 1.47. The van der Waals surface area contributed by atoms with Crippen LogP contribution in [0.25, 0.3) is 0 Å². The molecule has 0 atom stereocenters. The average Bonchev–Trinajstić information content (AvgIpc) is 3.34. The van der Waals surface area contributed by atoms with Crippen molar-refractivity contribution in [1.82, 2.24) is 24.8 Å². The van der Waals surface area contributed by atoms with Crippen LogP contribution in [0.15, 0.2) is 16.8 Å². The van der Waals surface area contributed by atoms with Crippen molar-refractivity contribution in [3.63, 3.8) is 0 Å². The van der Waals surface area contributed by atoms with Gasteiger partial charge in [0.2, 0.25) is 0 Å². The second-order valence-electron chi connectivity index (χ2n) is 6.19. The van der Waals surface area contributed by atoms with Gasteiger partial charge in [-0.1, -0.05) is 5.16 Å². The van der Waals surface area contributed by atoms with Gasteiger partial charge < -0.3 is 18.9 Å². The number of methoxy groups -OCH3 is 1. The fraction of sp³-hybridized carbons (Fsp3) is 0.647. The molecule has 142 valence electrons. The molecule has 0 unspecified atom stereocenters. The number of ether oxygens (including phenoxy) is 2. The number of amides is 1. The summed E-state index contributed by atoms with van der Waals surface area (Å²) in [6.07, 6.45) is 3.30. The minimum absolute atomic E-state index is 0.0307. The third-order valence-corrected chi connectivity index (χ3v) is 4.52. The van der Waals surface area contributed by atoms with Gasteiger partial charge in [0.15, 0.2) is 5.82 Å². The van der Waals surface area contributed by atoms with Gasteiger partial charge in [0.05, 0.1) is 13.2 Å². The van der Waals surface area contributed by atoms with Crippen LogP contribution in [-0.2, 0) is 22.6 Å². The Balaban J connectivity index is 1.51. The van der Waals surface area contributed by atoms with Crippen LogP contribution in [0, 0.1) is 0 Å². The Kier molecular flexibility index (Phi) is 6.35. The summed E-state index contributed by atoms with van der Waals surface area (Å²) in [5.74, 6) is 1.40. The van der Waals surface area contributed by atoms with E-state index < -0.39 is 0 Å². The number of carbonyl (C=O) groups excluding carboxylic acids is 1. The van der Waals surface area contributed by atoms with E-state index in [0.29, 0.717) is 50.3 Å². The van der Waals surface area contributed by atoms with Gasteiger partial charge in [0.1, 0.15) is 12.3 Å². The Labute approximate surface area is 152 Å². The van der Waals surface area contributed by atoms with Crippen LogP contribution in [0.4, 0.5) is 0 Å². The lowest BCUT2D eigenvalue weighted by Gasteiger charge is -2.30. The topological polar surface area (TPSA) is 95.5 Å². The molecule has 1 saturated heterocycles. The number of hydrogen-bond acceptors (Lipinski definition) is 7. The highest BCUT2D eigenvalue weighted by Crippen LogP contribution is 2.26. The van der Waals surface area contributed by atoms with E-state index in [1.165, 1.54) is 0 Å². The average molecular weight is 363 g/mol. The van der Waals surface area contributed by atoms with Crippen LogP contribution in [-0.4, -0.2) is 64.1 Å². The molecule has 1 aliphatic rings. The van der Waals surface area contributed by atoms with E-state index in [0.717, 1.165) is 12.8 Å². The van der Waals surface area contributed by atoms with Crippen LogP contribution in [0.2, 0.25) is 0 Å². The maximum absolute atomic E-state index is 12.6. The fourth-order valence-electron chi connectivity index (χ4n) is 3.06. The van der Waals surface area contributed by atoms with E-state index in [-0.39, 0.29) is 18.4 Å². The number of piperidine rings is 1. The second kappa shape index (κ2) is 8.91. The largest absolute Gasteiger partial charge is 0.382 e. The maximum Gasteiger partial charge on any atom is 0.272 e. The normalized spacial score (nSPS) is 15.5. The first-order chi connectivity index (χ1) is 12.7. The van der Waals surface area contributed by atoms with Gasteiger partial charge in [-0.15, -0.1) is 0 Å². The van der Waals surface area contributed by atoms with Gasteiger partial charge in [0.25, 0.3) is 11.8 Å². The van der Waals surface area contributed by atoms with Crippen molar-refractivity contribution >= 4 is 5.91 Å². The maximum atomic E-state index is 12.6. The van der Waals surface area contributed by atoms with Crippen LogP contribution >= 0.6 is 0 Å². The number of nitrogens with zero attached hydrogens (tertiary/aromatic N) is 5. The summed E-state index contributed by atoms with van der Waals surface area (Å²) in [7, 11) is 1.63. The summed E-state index contributed by atoms with van der Waals surface area (Å²) < 4.78 is 17.3. The molecule has 9 heteroatoms. The van der Waals surface area contributed by atoms with Gasteiger partial charge in [-0.3, -0.25) is 9.48 Å². The molecule has 26 heavy (non-hydrogen) atoms. The molecule has 0 bridgehead atoms. The lowest BCUT2D eigenvalue weighted by molar-refractivity contribution is 0.0494. The first-order valence-electron chi connectivity index (χ1n) is 8.93. The molecule has 1 aliphatic heterocycles. The Hall–Kier alpha value is -2.26. The highest BCUT2D eigenvalue weighted by Gasteiger charge is 2.28. The van der Waals surface area contributed by atoms with Gasteiger partial charge in [-0.25, -0.2) is 0 Å². The molecule has 2 aromatic rings. The summed E-state index contributed by atoms with van der Waals surface area (Å²) in [6, 6.07) is 1.77. The molecule has 1 fully saturated rings. The molecule has 0 spiro atoms. The second-order valence-corrected chi connectivity index (χ2v) is 6.19. The molecule has 1 amide bonds. The lowest BCUT2D eigenvalue weighted by atomic mass is 9.96. The van der Waals surface area contributed by atoms with Crippen molar-refractivity contribution in [2.24, 2.45) is 0 Å². The molecule has 0 N–H and O–H groups in total. The van der Waals surface area contributed by atoms with E-state index in [9.17, 15) is 4.79 Å². The third-order valence-electron chi connectivity index (χ3n) is 4.52. The van der Waals surface area contributed by atoms with Crippen LogP contribution in [0.5, 0.6) is 0 Å². The predicted molar refractivity (Wildman–Crippen MR) is 91.6 cm³/mol. The number of likely N-dealkylation sites (tertiary alicyclic amines) is 1. The Morgan fingerprint density at radius 2 is 2.15 bits per heavy atom. The monoisotopic (exact) mass is 363 g/mol. The van der Waals surface area contributed by atoms with E-state index in [1.54, 1.807) is 24.1 Å². The smallest absolute Gasteiger partial charge is 0.272 e. The summed E-state index contributed by atoms with van der Waals surface area (Å²) in [6.45, 7) is 5.31. The minimum atomic E-state index is 0.0307. The lowest BCUT2D eigenvalue weighted by Crippen LogP contribution is -2.39. The molecule has 0 aliphatic carbocycles. The van der Waals surface area contributed by atoms with E-state index in [4.69, 9.17) is 14.0 Å². The minimum Gasteiger partial charge on any atom is -0.382 e. The zero-order chi connectivity index (χ0) is 18.4. The number of rotatable bonds is 8.